The monoisotopic (exact) mass is 291 g/mol. The van der Waals surface area contributed by atoms with Gasteiger partial charge in [0.2, 0.25) is 0 Å². The van der Waals surface area contributed by atoms with Crippen molar-refractivity contribution in [1.29, 1.82) is 0 Å². The summed E-state index contributed by atoms with van der Waals surface area (Å²) in [6.07, 6.45) is 3.01. The van der Waals surface area contributed by atoms with Gasteiger partial charge < -0.3 is 18.8 Å². The molecule has 0 bridgehead atoms. The first-order valence-corrected chi connectivity index (χ1v) is 7.43. The molecule has 0 radical (unpaired) electrons. The molecule has 1 unspecified atom stereocenters. The Hall–Kier alpha value is -1.11. The average molecular weight is 291 g/mol. The van der Waals surface area contributed by atoms with E-state index in [1.165, 1.54) is 0 Å². The first-order chi connectivity index (χ1) is 9.87. The highest BCUT2D eigenvalue weighted by Crippen LogP contribution is 2.36. The van der Waals surface area contributed by atoms with Gasteiger partial charge in [0, 0.05) is 13.0 Å². The molecule has 0 spiro atoms. The van der Waals surface area contributed by atoms with E-state index in [2.05, 4.69) is 4.98 Å². The maximum atomic E-state index is 5.97. The van der Waals surface area contributed by atoms with E-state index in [0.29, 0.717) is 6.61 Å². The topological polar surface area (TPSA) is 49.8 Å². The highest BCUT2D eigenvalue weighted by atomic mass is 16.7. The van der Waals surface area contributed by atoms with Gasteiger partial charge in [-0.25, -0.2) is 0 Å². The van der Waals surface area contributed by atoms with Crippen molar-refractivity contribution in [2.45, 2.75) is 51.4 Å². The van der Waals surface area contributed by atoms with Crippen LogP contribution in [0.1, 0.15) is 34.1 Å². The zero-order valence-corrected chi connectivity index (χ0v) is 13.1. The van der Waals surface area contributed by atoms with Crippen LogP contribution in [0.25, 0.3) is 0 Å². The van der Waals surface area contributed by atoms with Crippen molar-refractivity contribution in [3.63, 3.8) is 0 Å². The molecule has 2 aliphatic rings. The number of ether oxygens (including phenoxy) is 2. The Bertz CT molecular complexity index is 483. The third-order valence-corrected chi connectivity index (χ3v) is 4.48. The lowest BCUT2D eigenvalue weighted by atomic mass is 9.84. The molecule has 2 fully saturated rings. The van der Waals surface area contributed by atoms with E-state index in [1.54, 1.807) is 6.20 Å². The largest absolute Gasteiger partial charge is 0.514 e. The van der Waals surface area contributed by atoms with Crippen LogP contribution < -0.4 is 10.3 Å². The number of hydrogen-bond acceptors (Lipinski definition) is 5. The lowest BCUT2D eigenvalue weighted by Crippen LogP contribution is -2.41. The molecule has 2 saturated heterocycles. The lowest BCUT2D eigenvalue weighted by Gasteiger charge is -2.32. The molecule has 3 rings (SSSR count). The Morgan fingerprint density at radius 3 is 2.38 bits per heavy atom. The zero-order valence-electron chi connectivity index (χ0n) is 13.1. The minimum atomic E-state index is -0.431. The average Bonchev–Trinajstić information content (AvgIpc) is 2.57. The quantitative estimate of drug-likeness (QED) is 0.788. The molecule has 0 aliphatic carbocycles. The molecule has 0 amide bonds. The molecule has 1 aromatic heterocycles. The van der Waals surface area contributed by atoms with Gasteiger partial charge in [-0.2, -0.15) is 0 Å². The van der Waals surface area contributed by atoms with Crippen LogP contribution in [-0.4, -0.2) is 42.6 Å². The van der Waals surface area contributed by atoms with Crippen LogP contribution in [0.2, 0.25) is 0 Å². The van der Waals surface area contributed by atoms with Crippen molar-refractivity contribution in [2.75, 3.05) is 13.2 Å². The number of aromatic nitrogens is 1. The molecular formula is C15H22BNO4. The van der Waals surface area contributed by atoms with Crippen molar-refractivity contribution < 1.29 is 18.8 Å². The predicted molar refractivity (Wildman–Crippen MR) is 79.8 cm³/mol. The van der Waals surface area contributed by atoms with Crippen LogP contribution in [0.4, 0.5) is 0 Å². The maximum absolute atomic E-state index is 5.97. The summed E-state index contributed by atoms with van der Waals surface area (Å²) < 4.78 is 22.9. The van der Waals surface area contributed by atoms with Crippen molar-refractivity contribution in [3.8, 4) is 5.75 Å². The first-order valence-electron chi connectivity index (χ1n) is 7.43. The second-order valence-corrected chi connectivity index (χ2v) is 6.60. The van der Waals surface area contributed by atoms with Crippen LogP contribution in [0.5, 0.6) is 5.75 Å². The van der Waals surface area contributed by atoms with E-state index in [0.717, 1.165) is 24.4 Å². The van der Waals surface area contributed by atoms with Crippen molar-refractivity contribution >= 4 is 12.7 Å². The van der Waals surface area contributed by atoms with E-state index >= 15 is 0 Å². The van der Waals surface area contributed by atoms with Gasteiger partial charge in [0.25, 0.3) is 0 Å². The maximum Gasteiger partial charge on any atom is 0.514 e. The Kier molecular flexibility index (Phi) is 3.72. The van der Waals surface area contributed by atoms with E-state index in [-0.39, 0.29) is 17.3 Å². The Morgan fingerprint density at radius 2 is 1.90 bits per heavy atom. The molecular weight excluding hydrogens is 269 g/mol. The summed E-state index contributed by atoms with van der Waals surface area (Å²) in [6, 6.07) is 3.78. The van der Waals surface area contributed by atoms with E-state index in [1.807, 2.05) is 39.8 Å². The number of hydrogen-bond donors (Lipinski definition) is 0. The third-order valence-electron chi connectivity index (χ3n) is 4.48. The Morgan fingerprint density at radius 1 is 1.24 bits per heavy atom. The molecule has 0 N–H and O–H groups in total. The van der Waals surface area contributed by atoms with Gasteiger partial charge >= 0.3 is 7.12 Å². The SMILES string of the molecule is CC1(C)OB(c2ccc(OCC3CCO3)cn2)OC1(C)C. The number of pyridine rings is 1. The Balaban J connectivity index is 1.62. The van der Waals surface area contributed by atoms with Gasteiger partial charge in [0.1, 0.15) is 12.4 Å². The van der Waals surface area contributed by atoms with Crippen LogP contribution in [0, 0.1) is 0 Å². The van der Waals surface area contributed by atoms with E-state index in [9.17, 15) is 0 Å². The fraction of sp³-hybridized carbons (Fsp3) is 0.667. The van der Waals surface area contributed by atoms with Gasteiger partial charge in [0.15, 0.2) is 0 Å². The van der Waals surface area contributed by atoms with Gasteiger partial charge in [-0.15, -0.1) is 0 Å². The molecule has 114 valence electrons. The van der Waals surface area contributed by atoms with E-state index in [4.69, 9.17) is 18.8 Å². The van der Waals surface area contributed by atoms with Gasteiger partial charge in [-0.05, 0) is 39.8 Å². The van der Waals surface area contributed by atoms with Crippen molar-refractivity contribution in [3.05, 3.63) is 18.3 Å². The summed E-state index contributed by atoms with van der Waals surface area (Å²) in [7, 11) is -0.431. The molecule has 3 heterocycles. The molecule has 21 heavy (non-hydrogen) atoms. The minimum Gasteiger partial charge on any atom is -0.489 e. The highest BCUT2D eigenvalue weighted by Gasteiger charge is 2.52. The fourth-order valence-corrected chi connectivity index (χ4v) is 2.19. The van der Waals surface area contributed by atoms with Crippen molar-refractivity contribution in [1.82, 2.24) is 4.98 Å². The van der Waals surface area contributed by atoms with Crippen LogP contribution in [0.3, 0.4) is 0 Å². The summed E-state index contributed by atoms with van der Waals surface area (Å²) in [5.74, 6) is 0.741. The fourth-order valence-electron chi connectivity index (χ4n) is 2.19. The molecule has 0 saturated carbocycles. The van der Waals surface area contributed by atoms with Gasteiger partial charge in [-0.3, -0.25) is 4.98 Å². The molecule has 2 aliphatic heterocycles. The normalized spacial score (nSPS) is 26.5. The van der Waals surface area contributed by atoms with Crippen LogP contribution in [-0.2, 0) is 14.0 Å². The second kappa shape index (κ2) is 5.27. The van der Waals surface area contributed by atoms with Crippen molar-refractivity contribution in [2.24, 2.45) is 0 Å². The minimum absolute atomic E-state index is 0.229. The van der Waals surface area contributed by atoms with Crippen LogP contribution >= 0.6 is 0 Å². The zero-order chi connectivity index (χ0) is 15.1. The smallest absolute Gasteiger partial charge is 0.489 e. The second-order valence-electron chi connectivity index (χ2n) is 6.60. The summed E-state index contributed by atoms with van der Waals surface area (Å²) >= 11 is 0. The third kappa shape index (κ3) is 2.93. The van der Waals surface area contributed by atoms with Crippen LogP contribution in [0.15, 0.2) is 18.3 Å². The summed E-state index contributed by atoms with van der Waals surface area (Å²) in [5, 5.41) is 0. The molecule has 6 heteroatoms. The summed E-state index contributed by atoms with van der Waals surface area (Å²) in [5.41, 5.74) is 0.0625. The van der Waals surface area contributed by atoms with E-state index < -0.39 is 7.12 Å². The predicted octanol–water partition coefficient (Wildman–Crippen LogP) is 1.55. The standard InChI is InChI=1S/C15H22BNO4/c1-14(2)15(3,4)21-16(20-14)13-6-5-11(9-17-13)19-10-12-7-8-18-12/h5-6,9,12H,7-8,10H2,1-4H3. The number of nitrogens with zero attached hydrogens (tertiary/aromatic N) is 1. The molecule has 1 aromatic rings. The Labute approximate surface area is 126 Å². The summed E-state index contributed by atoms with van der Waals surface area (Å²) in [6.45, 7) is 9.54. The summed E-state index contributed by atoms with van der Waals surface area (Å²) in [4.78, 5) is 4.40. The molecule has 5 nitrogen and oxygen atoms in total. The van der Waals surface area contributed by atoms with Gasteiger partial charge in [0.05, 0.1) is 29.1 Å². The highest BCUT2D eigenvalue weighted by molar-refractivity contribution is 6.61. The number of rotatable bonds is 4. The lowest BCUT2D eigenvalue weighted by molar-refractivity contribution is -0.0721. The molecule has 1 atom stereocenters. The molecule has 0 aromatic carbocycles. The van der Waals surface area contributed by atoms with Gasteiger partial charge in [-0.1, -0.05) is 0 Å². The first kappa shape index (κ1) is 14.8.